The molecule has 0 spiro atoms. The Morgan fingerprint density at radius 3 is 2.35 bits per heavy atom. The van der Waals surface area contributed by atoms with E-state index < -0.39 is 20.9 Å². The third-order valence-electron chi connectivity index (χ3n) is 4.27. The van der Waals surface area contributed by atoms with Gasteiger partial charge in [0.05, 0.1) is 4.92 Å². The summed E-state index contributed by atoms with van der Waals surface area (Å²) in [5.74, 6) is -0.887. The second-order valence-corrected chi connectivity index (χ2v) is 9.50. The quantitative estimate of drug-likeness (QED) is 0.135. The maximum atomic E-state index is 12.7. The Morgan fingerprint density at radius 2 is 1.76 bits per heavy atom. The second kappa shape index (κ2) is 10.5. The van der Waals surface area contributed by atoms with Crippen LogP contribution in [0.4, 0.5) is 11.4 Å². The molecule has 1 amide bonds. The van der Waals surface area contributed by atoms with Crippen molar-refractivity contribution in [3.63, 3.8) is 0 Å². The highest BCUT2D eigenvalue weighted by molar-refractivity contribution is 9.10. The molecule has 0 unspecified atom stereocenters. The molecule has 1 N–H and O–H groups in total. The lowest BCUT2D eigenvalue weighted by Crippen LogP contribution is -2.14. The van der Waals surface area contributed by atoms with Gasteiger partial charge in [-0.2, -0.15) is 13.7 Å². The van der Waals surface area contributed by atoms with Crippen LogP contribution in [-0.2, 0) is 14.9 Å². The van der Waals surface area contributed by atoms with E-state index in [1.165, 1.54) is 24.3 Å². The van der Waals surface area contributed by atoms with E-state index in [2.05, 4.69) is 21.2 Å². The molecule has 0 aliphatic carbocycles. The fourth-order valence-corrected chi connectivity index (χ4v) is 4.10. The van der Waals surface area contributed by atoms with Gasteiger partial charge in [-0.3, -0.25) is 14.9 Å². The van der Waals surface area contributed by atoms with E-state index in [0.717, 1.165) is 24.3 Å². The zero-order chi connectivity index (χ0) is 24.9. The van der Waals surface area contributed by atoms with Crippen molar-refractivity contribution < 1.29 is 22.3 Å². The molecular weight excluding hydrogens is 550 g/mol. The van der Waals surface area contributed by atoms with Crippen molar-refractivity contribution in [2.24, 2.45) is 0 Å². The van der Waals surface area contributed by atoms with Crippen molar-refractivity contribution in [2.75, 3.05) is 5.32 Å². The smallest absolute Gasteiger partial charge is 0.339 e. The van der Waals surface area contributed by atoms with Crippen molar-refractivity contribution in [3.05, 3.63) is 97.5 Å². The number of benzene rings is 3. The maximum absolute atomic E-state index is 12.7. The van der Waals surface area contributed by atoms with Crippen LogP contribution < -0.4 is 9.50 Å². The highest BCUT2D eigenvalue weighted by Gasteiger charge is 2.20. The molecule has 0 bridgehead atoms. The third kappa shape index (κ3) is 6.20. The van der Waals surface area contributed by atoms with Crippen molar-refractivity contribution in [2.45, 2.75) is 4.90 Å². The Bertz CT molecular complexity index is 1430. The van der Waals surface area contributed by atoms with Crippen LogP contribution in [0.15, 0.2) is 81.7 Å². The minimum atomic E-state index is -4.37. The zero-order valence-corrected chi connectivity index (χ0v) is 20.1. The number of rotatable bonds is 7. The fourth-order valence-electron chi connectivity index (χ4n) is 2.64. The number of carbonyl (C=O) groups is 1. The van der Waals surface area contributed by atoms with Gasteiger partial charge < -0.3 is 9.50 Å². The molecule has 3 aromatic carbocycles. The second-order valence-electron chi connectivity index (χ2n) is 6.60. The van der Waals surface area contributed by atoms with Gasteiger partial charge in [-0.15, -0.1) is 0 Å². The van der Waals surface area contributed by atoms with Crippen LogP contribution in [0, 0.1) is 21.4 Å². The van der Waals surface area contributed by atoms with Crippen LogP contribution in [0.25, 0.3) is 6.08 Å². The number of nitro groups is 1. The molecule has 34 heavy (non-hydrogen) atoms. The number of hydrogen-bond acceptors (Lipinski definition) is 7. The molecule has 3 aromatic rings. The van der Waals surface area contributed by atoms with Crippen molar-refractivity contribution >= 4 is 61.0 Å². The van der Waals surface area contributed by atoms with Crippen molar-refractivity contribution in [3.8, 4) is 11.8 Å². The number of hydrogen-bond donors (Lipinski definition) is 1. The molecule has 0 heterocycles. The average molecular weight is 563 g/mol. The minimum Gasteiger partial charge on any atom is -0.378 e. The summed E-state index contributed by atoms with van der Waals surface area (Å²) in [6, 6.07) is 16.5. The number of anilines is 1. The first-order valence-corrected chi connectivity index (χ1v) is 11.8. The first-order valence-electron chi connectivity index (χ1n) is 9.26. The van der Waals surface area contributed by atoms with Crippen LogP contribution in [0.2, 0.25) is 5.02 Å². The SMILES string of the molecule is N#C/C(=C/c1cc(Br)ccc1OS(=O)(=O)c1ccc([N+](=O)[O-])cc1)C(=O)Nc1ccc(Cl)cc1. The van der Waals surface area contributed by atoms with Gasteiger partial charge in [0.2, 0.25) is 0 Å². The lowest BCUT2D eigenvalue weighted by molar-refractivity contribution is -0.384. The van der Waals surface area contributed by atoms with Gasteiger partial charge >= 0.3 is 10.1 Å². The fraction of sp³-hybridized carbons (Fsp3) is 0. The maximum Gasteiger partial charge on any atom is 0.339 e. The Morgan fingerprint density at radius 1 is 1.12 bits per heavy atom. The number of amides is 1. The molecule has 0 radical (unpaired) electrons. The molecular formula is C22H13BrClN3O6S. The van der Waals surface area contributed by atoms with Crippen molar-refractivity contribution in [1.82, 2.24) is 0 Å². The standard InChI is InChI=1S/C22H13BrClN3O6S/c23-16-1-10-21(33-34(31,32)20-8-6-19(7-9-20)27(29)30)14(12-16)11-15(13-25)22(28)26-18-4-2-17(24)3-5-18/h1-12H,(H,26,28)/b15-11-. The molecule has 0 fully saturated rings. The normalized spacial score (nSPS) is 11.4. The number of nitrogens with zero attached hydrogens (tertiary/aromatic N) is 2. The lowest BCUT2D eigenvalue weighted by Gasteiger charge is -2.11. The van der Waals surface area contributed by atoms with E-state index in [9.17, 15) is 28.6 Å². The van der Waals surface area contributed by atoms with Gasteiger partial charge in [-0.05, 0) is 60.7 Å². The van der Waals surface area contributed by atoms with Gasteiger partial charge in [0, 0.05) is 32.9 Å². The number of nitriles is 1. The Hall–Kier alpha value is -3.72. The van der Waals surface area contributed by atoms with E-state index in [1.54, 1.807) is 30.3 Å². The monoisotopic (exact) mass is 561 g/mol. The molecule has 0 saturated carbocycles. The molecule has 0 aliphatic heterocycles. The Labute approximate surface area is 207 Å². The third-order valence-corrected chi connectivity index (χ3v) is 6.27. The molecule has 3 rings (SSSR count). The first kappa shape index (κ1) is 24.9. The summed E-state index contributed by atoms with van der Waals surface area (Å²) >= 11 is 9.08. The molecule has 0 atom stereocenters. The highest BCUT2D eigenvalue weighted by Crippen LogP contribution is 2.29. The van der Waals surface area contributed by atoms with Gasteiger partial charge in [0.1, 0.15) is 22.3 Å². The predicted molar refractivity (Wildman–Crippen MR) is 129 cm³/mol. The summed E-state index contributed by atoms with van der Waals surface area (Å²) in [5.41, 5.74) is -0.0631. The van der Waals surface area contributed by atoms with E-state index in [-0.39, 0.29) is 27.5 Å². The first-order chi connectivity index (χ1) is 16.1. The molecule has 0 aromatic heterocycles. The van der Waals surface area contributed by atoms with Crippen LogP contribution in [-0.4, -0.2) is 19.2 Å². The largest absolute Gasteiger partial charge is 0.378 e. The summed E-state index contributed by atoms with van der Waals surface area (Å²) < 4.78 is 31.1. The van der Waals surface area contributed by atoms with Gasteiger partial charge in [0.15, 0.2) is 0 Å². The zero-order valence-electron chi connectivity index (χ0n) is 16.9. The number of non-ortho nitro benzene ring substituents is 1. The van der Waals surface area contributed by atoms with E-state index >= 15 is 0 Å². The number of nitrogens with one attached hydrogen (secondary N) is 1. The summed E-state index contributed by atoms with van der Waals surface area (Å²) in [5, 5.41) is 23.3. The van der Waals surface area contributed by atoms with E-state index in [1.807, 2.05) is 0 Å². The average Bonchev–Trinajstić information content (AvgIpc) is 2.80. The molecule has 0 aliphatic rings. The van der Waals surface area contributed by atoms with Crippen LogP contribution in [0.5, 0.6) is 5.75 Å². The minimum absolute atomic E-state index is 0.127. The Balaban J connectivity index is 1.92. The van der Waals surface area contributed by atoms with Gasteiger partial charge in [-0.25, -0.2) is 0 Å². The van der Waals surface area contributed by atoms with Gasteiger partial charge in [0.25, 0.3) is 11.6 Å². The van der Waals surface area contributed by atoms with Gasteiger partial charge in [-0.1, -0.05) is 27.5 Å². The molecule has 0 saturated heterocycles. The molecule has 9 nitrogen and oxygen atoms in total. The van der Waals surface area contributed by atoms with Crippen LogP contribution in [0.3, 0.4) is 0 Å². The Kier molecular flexibility index (Phi) is 7.68. The van der Waals surface area contributed by atoms with Crippen molar-refractivity contribution in [1.29, 1.82) is 5.26 Å². The van der Waals surface area contributed by atoms with E-state index in [4.69, 9.17) is 15.8 Å². The lowest BCUT2D eigenvalue weighted by atomic mass is 10.1. The predicted octanol–water partition coefficient (Wildman–Crippen LogP) is 5.32. The highest BCUT2D eigenvalue weighted by atomic mass is 79.9. The van der Waals surface area contributed by atoms with E-state index in [0.29, 0.717) is 15.2 Å². The summed E-state index contributed by atoms with van der Waals surface area (Å²) in [6.07, 6.45) is 1.18. The van der Waals surface area contributed by atoms with Crippen LogP contribution in [0.1, 0.15) is 5.56 Å². The molecule has 172 valence electrons. The number of carbonyl (C=O) groups excluding carboxylic acids is 1. The number of nitro benzene ring substituents is 1. The summed E-state index contributed by atoms with van der Waals surface area (Å²) in [7, 11) is -4.37. The summed E-state index contributed by atoms with van der Waals surface area (Å²) in [4.78, 5) is 22.4. The summed E-state index contributed by atoms with van der Waals surface area (Å²) in [6.45, 7) is 0. The van der Waals surface area contributed by atoms with Crippen LogP contribution >= 0.6 is 27.5 Å². The number of halogens is 2. The molecule has 12 heteroatoms. The topological polar surface area (TPSA) is 139 Å².